The van der Waals surface area contributed by atoms with Gasteiger partial charge in [0, 0.05) is 37.3 Å². The molecule has 6 heteroatoms. The maximum absolute atomic E-state index is 13.0. The fourth-order valence-electron chi connectivity index (χ4n) is 3.42. The van der Waals surface area contributed by atoms with Crippen molar-refractivity contribution in [2.75, 3.05) is 20.1 Å². The number of benzene rings is 1. The van der Waals surface area contributed by atoms with Crippen LogP contribution in [0.4, 0.5) is 0 Å². The van der Waals surface area contributed by atoms with E-state index in [1.54, 1.807) is 22.4 Å². The van der Waals surface area contributed by atoms with Crippen LogP contribution in [0, 0.1) is 5.41 Å². The van der Waals surface area contributed by atoms with E-state index >= 15 is 0 Å². The summed E-state index contributed by atoms with van der Waals surface area (Å²) in [5.74, 6) is 0.0789. The van der Waals surface area contributed by atoms with Crippen molar-refractivity contribution in [2.24, 2.45) is 5.41 Å². The number of likely N-dealkylation sites (tertiary alicyclic amines) is 1. The SMILES string of the molecule is CN(Cc1nccs1)C(=O)C1(C)CCCN(C(=O)c2ccccc2)C1. The second kappa shape index (κ2) is 7.35. The van der Waals surface area contributed by atoms with Crippen LogP contribution in [0.1, 0.15) is 35.1 Å². The molecule has 0 aliphatic carbocycles. The fourth-order valence-corrected chi connectivity index (χ4v) is 4.09. The summed E-state index contributed by atoms with van der Waals surface area (Å²) in [7, 11) is 1.81. The predicted molar refractivity (Wildman–Crippen MR) is 98.3 cm³/mol. The molecule has 1 saturated heterocycles. The maximum atomic E-state index is 13.0. The molecule has 0 spiro atoms. The van der Waals surface area contributed by atoms with Crippen LogP contribution in [0.25, 0.3) is 0 Å². The molecule has 1 aromatic carbocycles. The van der Waals surface area contributed by atoms with E-state index in [1.807, 2.05) is 54.6 Å². The Hall–Kier alpha value is -2.21. The number of hydrogen-bond acceptors (Lipinski definition) is 4. The first-order valence-electron chi connectivity index (χ1n) is 8.48. The number of nitrogens with zero attached hydrogens (tertiary/aromatic N) is 3. The first-order chi connectivity index (χ1) is 12.0. The van der Waals surface area contributed by atoms with E-state index in [4.69, 9.17) is 0 Å². The largest absolute Gasteiger partial charge is 0.338 e. The van der Waals surface area contributed by atoms with Crippen molar-refractivity contribution in [1.29, 1.82) is 0 Å². The number of piperidine rings is 1. The van der Waals surface area contributed by atoms with E-state index in [0.29, 0.717) is 25.2 Å². The first-order valence-corrected chi connectivity index (χ1v) is 9.36. The van der Waals surface area contributed by atoms with Crippen molar-refractivity contribution in [2.45, 2.75) is 26.3 Å². The highest BCUT2D eigenvalue weighted by Gasteiger charge is 2.41. The first kappa shape index (κ1) is 17.6. The summed E-state index contributed by atoms with van der Waals surface area (Å²) in [6, 6.07) is 9.27. The normalized spacial score (nSPS) is 20.3. The van der Waals surface area contributed by atoms with E-state index in [9.17, 15) is 9.59 Å². The van der Waals surface area contributed by atoms with Gasteiger partial charge in [0.25, 0.3) is 5.91 Å². The lowest BCUT2D eigenvalue weighted by Gasteiger charge is -2.41. The molecule has 1 aromatic heterocycles. The molecule has 2 aromatic rings. The molecule has 5 nitrogen and oxygen atoms in total. The zero-order chi connectivity index (χ0) is 17.9. The summed E-state index contributed by atoms with van der Waals surface area (Å²) in [4.78, 5) is 33.5. The van der Waals surface area contributed by atoms with Crippen LogP contribution in [-0.4, -0.2) is 46.7 Å². The molecule has 0 saturated carbocycles. The van der Waals surface area contributed by atoms with Crippen molar-refractivity contribution in [3.8, 4) is 0 Å². The number of aromatic nitrogens is 1. The van der Waals surface area contributed by atoms with Gasteiger partial charge in [-0.2, -0.15) is 0 Å². The molecule has 132 valence electrons. The van der Waals surface area contributed by atoms with Gasteiger partial charge in [0.05, 0.1) is 12.0 Å². The number of thiazole rings is 1. The molecular weight excluding hydrogens is 334 g/mol. The van der Waals surface area contributed by atoms with Gasteiger partial charge in [-0.15, -0.1) is 11.3 Å². The summed E-state index contributed by atoms with van der Waals surface area (Å²) in [6.45, 7) is 3.64. The Morgan fingerprint density at radius 1 is 1.32 bits per heavy atom. The zero-order valence-electron chi connectivity index (χ0n) is 14.6. The van der Waals surface area contributed by atoms with E-state index < -0.39 is 5.41 Å². The monoisotopic (exact) mass is 357 g/mol. The minimum Gasteiger partial charge on any atom is -0.338 e. The Kier molecular flexibility index (Phi) is 5.18. The standard InChI is InChI=1S/C19H23N3O2S/c1-19(18(24)21(2)13-16-20-10-12-25-16)9-6-11-22(14-19)17(23)15-7-4-3-5-8-15/h3-5,7-8,10,12H,6,9,11,13-14H2,1-2H3. The zero-order valence-corrected chi connectivity index (χ0v) is 15.5. The lowest BCUT2D eigenvalue weighted by molar-refractivity contribution is -0.143. The lowest BCUT2D eigenvalue weighted by atomic mass is 9.80. The molecule has 0 radical (unpaired) electrons. The predicted octanol–water partition coefficient (Wildman–Crippen LogP) is 3.04. The van der Waals surface area contributed by atoms with E-state index in [-0.39, 0.29) is 11.8 Å². The molecule has 2 heterocycles. The van der Waals surface area contributed by atoms with Crippen molar-refractivity contribution in [3.63, 3.8) is 0 Å². The van der Waals surface area contributed by atoms with Crippen molar-refractivity contribution < 1.29 is 9.59 Å². The van der Waals surface area contributed by atoms with E-state index in [0.717, 1.165) is 17.8 Å². The van der Waals surface area contributed by atoms with Gasteiger partial charge in [0.1, 0.15) is 5.01 Å². The fraction of sp³-hybridized carbons (Fsp3) is 0.421. The van der Waals surface area contributed by atoms with Crippen LogP contribution in [0.2, 0.25) is 0 Å². The molecular formula is C19H23N3O2S. The smallest absolute Gasteiger partial charge is 0.253 e. The van der Waals surface area contributed by atoms with Crippen LogP contribution in [-0.2, 0) is 11.3 Å². The van der Waals surface area contributed by atoms with Gasteiger partial charge in [-0.05, 0) is 31.9 Å². The Bertz CT molecular complexity index is 732. The number of hydrogen-bond donors (Lipinski definition) is 0. The van der Waals surface area contributed by atoms with Crippen molar-refractivity contribution in [3.05, 3.63) is 52.5 Å². The van der Waals surface area contributed by atoms with Gasteiger partial charge < -0.3 is 9.80 Å². The number of carbonyl (C=O) groups excluding carboxylic acids is 2. The van der Waals surface area contributed by atoms with Gasteiger partial charge in [-0.25, -0.2) is 4.98 Å². The lowest BCUT2D eigenvalue weighted by Crippen LogP contribution is -2.52. The van der Waals surface area contributed by atoms with Crippen LogP contribution < -0.4 is 0 Å². The molecule has 1 unspecified atom stereocenters. The highest BCUT2D eigenvalue weighted by atomic mass is 32.1. The van der Waals surface area contributed by atoms with E-state index in [2.05, 4.69) is 4.98 Å². The Labute approximate surface area is 152 Å². The van der Waals surface area contributed by atoms with Crippen LogP contribution in [0.5, 0.6) is 0 Å². The minimum atomic E-state index is -0.547. The quantitative estimate of drug-likeness (QED) is 0.845. The van der Waals surface area contributed by atoms with E-state index in [1.165, 1.54) is 0 Å². The third-order valence-electron chi connectivity index (χ3n) is 4.72. The molecule has 25 heavy (non-hydrogen) atoms. The maximum Gasteiger partial charge on any atom is 0.253 e. The van der Waals surface area contributed by atoms with Crippen molar-refractivity contribution >= 4 is 23.2 Å². The highest BCUT2D eigenvalue weighted by Crippen LogP contribution is 2.32. The number of rotatable bonds is 4. The van der Waals surface area contributed by atoms with Gasteiger partial charge >= 0.3 is 0 Å². The molecule has 0 N–H and O–H groups in total. The average molecular weight is 357 g/mol. The number of amides is 2. The summed E-state index contributed by atoms with van der Waals surface area (Å²) in [5.41, 5.74) is 0.129. The van der Waals surface area contributed by atoms with Gasteiger partial charge in [0.15, 0.2) is 0 Å². The molecule has 3 rings (SSSR count). The molecule has 1 aliphatic heterocycles. The molecule has 1 atom stereocenters. The second-order valence-corrected chi connectivity index (χ2v) is 7.82. The van der Waals surface area contributed by atoms with Gasteiger partial charge in [-0.3, -0.25) is 9.59 Å². The Balaban J connectivity index is 1.70. The summed E-state index contributed by atoms with van der Waals surface area (Å²) in [5, 5.41) is 2.84. The van der Waals surface area contributed by atoms with Crippen LogP contribution in [0.15, 0.2) is 41.9 Å². The summed E-state index contributed by atoms with van der Waals surface area (Å²) >= 11 is 1.55. The van der Waals surface area contributed by atoms with Crippen molar-refractivity contribution in [1.82, 2.24) is 14.8 Å². The average Bonchev–Trinajstić information content (AvgIpc) is 3.14. The third kappa shape index (κ3) is 3.90. The van der Waals surface area contributed by atoms with Crippen LogP contribution >= 0.6 is 11.3 Å². The van der Waals surface area contributed by atoms with Gasteiger partial charge in [-0.1, -0.05) is 18.2 Å². The van der Waals surface area contributed by atoms with Gasteiger partial charge in [0.2, 0.25) is 5.91 Å². The molecule has 2 amide bonds. The Morgan fingerprint density at radius 2 is 2.08 bits per heavy atom. The highest BCUT2D eigenvalue weighted by molar-refractivity contribution is 7.09. The molecule has 1 fully saturated rings. The topological polar surface area (TPSA) is 53.5 Å². The van der Waals surface area contributed by atoms with Crippen LogP contribution in [0.3, 0.4) is 0 Å². The summed E-state index contributed by atoms with van der Waals surface area (Å²) in [6.07, 6.45) is 3.39. The minimum absolute atomic E-state index is 0.00176. The third-order valence-corrected chi connectivity index (χ3v) is 5.49. The molecule has 0 bridgehead atoms. The summed E-state index contributed by atoms with van der Waals surface area (Å²) < 4.78 is 0. The molecule has 1 aliphatic rings. The second-order valence-electron chi connectivity index (χ2n) is 6.84. The Morgan fingerprint density at radius 3 is 2.76 bits per heavy atom. The number of carbonyl (C=O) groups is 2.